The fourth-order valence-corrected chi connectivity index (χ4v) is 2.57. The zero-order valence-corrected chi connectivity index (χ0v) is 10.5. The van der Waals surface area contributed by atoms with Crippen LogP contribution in [0.3, 0.4) is 0 Å². The fourth-order valence-electron chi connectivity index (χ4n) is 1.40. The standard InChI is InChI=1S/C10H17ClN2S/c1-12-8(7-13(2)3)6-9-4-5-10(11)14-9/h4-5,8,12H,6-7H2,1-3H3. The second-order valence-corrected chi connectivity index (χ2v) is 5.46. The van der Waals surface area contributed by atoms with E-state index in [9.17, 15) is 0 Å². The van der Waals surface area contributed by atoms with E-state index in [0.29, 0.717) is 6.04 Å². The first-order valence-corrected chi connectivity index (χ1v) is 5.87. The van der Waals surface area contributed by atoms with Crippen molar-refractivity contribution >= 4 is 22.9 Å². The van der Waals surface area contributed by atoms with Crippen LogP contribution in [0.1, 0.15) is 4.88 Å². The summed E-state index contributed by atoms with van der Waals surface area (Å²) in [6.45, 7) is 1.05. The molecule has 0 aliphatic carbocycles. The minimum absolute atomic E-state index is 0.500. The summed E-state index contributed by atoms with van der Waals surface area (Å²) in [6, 6.07) is 4.57. The van der Waals surface area contributed by atoms with Crippen molar-refractivity contribution in [1.82, 2.24) is 10.2 Å². The van der Waals surface area contributed by atoms with Gasteiger partial charge in [0, 0.05) is 17.5 Å². The topological polar surface area (TPSA) is 15.3 Å². The zero-order valence-electron chi connectivity index (χ0n) is 8.88. The highest BCUT2D eigenvalue weighted by molar-refractivity contribution is 7.16. The average molecular weight is 233 g/mol. The lowest BCUT2D eigenvalue weighted by molar-refractivity contribution is 0.347. The van der Waals surface area contributed by atoms with Gasteiger partial charge in [-0.15, -0.1) is 11.3 Å². The molecule has 0 radical (unpaired) electrons. The summed E-state index contributed by atoms with van der Waals surface area (Å²) in [4.78, 5) is 3.53. The smallest absolute Gasteiger partial charge is 0.0931 e. The Kier molecular flexibility index (Phi) is 4.89. The zero-order chi connectivity index (χ0) is 10.6. The highest BCUT2D eigenvalue weighted by Crippen LogP contribution is 2.22. The van der Waals surface area contributed by atoms with Gasteiger partial charge in [-0.1, -0.05) is 11.6 Å². The predicted molar refractivity (Wildman–Crippen MR) is 64.4 cm³/mol. The molecular formula is C10H17ClN2S. The lowest BCUT2D eigenvalue weighted by Crippen LogP contribution is -2.37. The number of hydrogen-bond acceptors (Lipinski definition) is 3. The van der Waals surface area contributed by atoms with Crippen LogP contribution in [0.2, 0.25) is 4.34 Å². The molecule has 2 nitrogen and oxygen atoms in total. The molecule has 0 saturated carbocycles. The molecular weight excluding hydrogens is 216 g/mol. The molecule has 4 heteroatoms. The first-order chi connectivity index (χ1) is 6.61. The monoisotopic (exact) mass is 232 g/mol. The minimum atomic E-state index is 0.500. The number of nitrogens with one attached hydrogen (secondary N) is 1. The number of thiophene rings is 1. The Hall–Kier alpha value is -0.0900. The molecule has 1 heterocycles. The largest absolute Gasteiger partial charge is 0.315 e. The molecule has 0 aromatic carbocycles. The van der Waals surface area contributed by atoms with Crippen LogP contribution in [0.5, 0.6) is 0 Å². The van der Waals surface area contributed by atoms with Crippen molar-refractivity contribution in [3.63, 3.8) is 0 Å². The van der Waals surface area contributed by atoms with Gasteiger partial charge in [-0.3, -0.25) is 0 Å². The van der Waals surface area contributed by atoms with Crippen molar-refractivity contribution in [2.45, 2.75) is 12.5 Å². The Morgan fingerprint density at radius 3 is 2.64 bits per heavy atom. The molecule has 1 rings (SSSR count). The summed E-state index contributed by atoms with van der Waals surface area (Å²) in [7, 11) is 6.18. The number of nitrogens with zero attached hydrogens (tertiary/aromatic N) is 1. The van der Waals surface area contributed by atoms with Crippen molar-refractivity contribution in [2.24, 2.45) is 0 Å². The van der Waals surface area contributed by atoms with Crippen LogP contribution in [-0.4, -0.2) is 38.6 Å². The molecule has 0 fully saturated rings. The fraction of sp³-hybridized carbons (Fsp3) is 0.600. The maximum absolute atomic E-state index is 5.88. The molecule has 80 valence electrons. The van der Waals surface area contributed by atoms with E-state index in [1.807, 2.05) is 13.1 Å². The molecule has 1 N–H and O–H groups in total. The number of likely N-dealkylation sites (N-methyl/N-ethyl adjacent to an activating group) is 2. The normalized spacial score (nSPS) is 13.5. The molecule has 1 aromatic rings. The van der Waals surface area contributed by atoms with Crippen molar-refractivity contribution < 1.29 is 0 Å². The minimum Gasteiger partial charge on any atom is -0.315 e. The van der Waals surface area contributed by atoms with Crippen molar-refractivity contribution in [2.75, 3.05) is 27.7 Å². The third-order valence-electron chi connectivity index (χ3n) is 2.07. The van der Waals surface area contributed by atoms with Crippen LogP contribution in [-0.2, 0) is 6.42 Å². The lowest BCUT2D eigenvalue weighted by atomic mass is 10.2. The molecule has 1 unspecified atom stereocenters. The average Bonchev–Trinajstić information content (AvgIpc) is 2.49. The van der Waals surface area contributed by atoms with Crippen molar-refractivity contribution in [3.05, 3.63) is 21.3 Å². The van der Waals surface area contributed by atoms with Crippen LogP contribution in [0.25, 0.3) is 0 Å². The number of halogens is 1. The van der Waals surface area contributed by atoms with Gasteiger partial charge >= 0.3 is 0 Å². The Bertz CT molecular complexity index is 273. The second kappa shape index (κ2) is 5.71. The summed E-state index contributed by atoms with van der Waals surface area (Å²) < 4.78 is 0.875. The molecule has 14 heavy (non-hydrogen) atoms. The van der Waals surface area contributed by atoms with Crippen LogP contribution >= 0.6 is 22.9 Å². The summed E-state index contributed by atoms with van der Waals surface area (Å²) in [6.07, 6.45) is 1.05. The number of hydrogen-bond donors (Lipinski definition) is 1. The molecule has 0 aliphatic rings. The quantitative estimate of drug-likeness (QED) is 0.837. The van der Waals surface area contributed by atoms with Crippen molar-refractivity contribution in [1.29, 1.82) is 0 Å². The van der Waals surface area contributed by atoms with Crippen LogP contribution in [0.4, 0.5) is 0 Å². The lowest BCUT2D eigenvalue weighted by Gasteiger charge is -2.19. The SMILES string of the molecule is CNC(Cc1ccc(Cl)s1)CN(C)C. The van der Waals surface area contributed by atoms with E-state index in [-0.39, 0.29) is 0 Å². The highest BCUT2D eigenvalue weighted by Gasteiger charge is 2.09. The predicted octanol–water partition coefficient (Wildman–Crippen LogP) is 2.09. The summed E-state index contributed by atoms with van der Waals surface area (Å²) in [5.74, 6) is 0. The van der Waals surface area contributed by atoms with Gasteiger partial charge in [0.25, 0.3) is 0 Å². The van der Waals surface area contributed by atoms with Gasteiger partial charge in [-0.2, -0.15) is 0 Å². The van der Waals surface area contributed by atoms with Gasteiger partial charge < -0.3 is 10.2 Å². The Morgan fingerprint density at radius 1 is 1.50 bits per heavy atom. The molecule has 0 bridgehead atoms. The van der Waals surface area contributed by atoms with E-state index >= 15 is 0 Å². The molecule has 0 saturated heterocycles. The maximum Gasteiger partial charge on any atom is 0.0931 e. The van der Waals surface area contributed by atoms with E-state index < -0.39 is 0 Å². The molecule has 1 atom stereocenters. The van der Waals surface area contributed by atoms with E-state index in [1.165, 1.54) is 4.88 Å². The maximum atomic E-state index is 5.88. The van der Waals surface area contributed by atoms with Gasteiger partial charge in [0.05, 0.1) is 4.34 Å². The van der Waals surface area contributed by atoms with E-state index in [0.717, 1.165) is 17.3 Å². The molecule has 1 aromatic heterocycles. The summed E-state index contributed by atoms with van der Waals surface area (Å²) >= 11 is 7.55. The third kappa shape index (κ3) is 3.96. The van der Waals surface area contributed by atoms with Gasteiger partial charge in [-0.25, -0.2) is 0 Å². The Balaban J connectivity index is 2.48. The van der Waals surface area contributed by atoms with Crippen molar-refractivity contribution in [3.8, 4) is 0 Å². The van der Waals surface area contributed by atoms with Crippen LogP contribution < -0.4 is 5.32 Å². The second-order valence-electron chi connectivity index (χ2n) is 3.66. The molecule has 0 aliphatic heterocycles. The first-order valence-electron chi connectivity index (χ1n) is 4.68. The van der Waals surface area contributed by atoms with Crippen LogP contribution in [0.15, 0.2) is 12.1 Å². The highest BCUT2D eigenvalue weighted by atomic mass is 35.5. The van der Waals surface area contributed by atoms with Crippen LogP contribution in [0, 0.1) is 0 Å². The Morgan fingerprint density at radius 2 is 2.21 bits per heavy atom. The Labute approximate surface area is 94.9 Å². The van der Waals surface area contributed by atoms with Gasteiger partial charge in [0.2, 0.25) is 0 Å². The summed E-state index contributed by atoms with van der Waals surface area (Å²) in [5.41, 5.74) is 0. The molecule has 0 spiro atoms. The van der Waals surface area contributed by atoms with E-state index in [2.05, 4.69) is 30.4 Å². The third-order valence-corrected chi connectivity index (χ3v) is 3.32. The number of rotatable bonds is 5. The summed E-state index contributed by atoms with van der Waals surface area (Å²) in [5, 5.41) is 3.31. The van der Waals surface area contributed by atoms with Gasteiger partial charge in [-0.05, 0) is 39.7 Å². The molecule has 0 amide bonds. The van der Waals surface area contributed by atoms with Gasteiger partial charge in [0.1, 0.15) is 0 Å². The van der Waals surface area contributed by atoms with E-state index in [1.54, 1.807) is 11.3 Å². The first kappa shape index (κ1) is 12.0. The van der Waals surface area contributed by atoms with Gasteiger partial charge in [0.15, 0.2) is 0 Å². The van der Waals surface area contributed by atoms with E-state index in [4.69, 9.17) is 11.6 Å².